The van der Waals surface area contributed by atoms with E-state index < -0.39 is 8.32 Å². The van der Waals surface area contributed by atoms with Crippen LogP contribution in [-0.4, -0.2) is 32.9 Å². The quantitative estimate of drug-likeness (QED) is 0.174. The lowest BCUT2D eigenvalue weighted by Crippen LogP contribution is -2.68. The maximum atomic E-state index is 7.69. The van der Waals surface area contributed by atoms with E-state index in [0.29, 0.717) is 6.61 Å². The lowest BCUT2D eigenvalue weighted by Gasteiger charge is -2.46. The zero-order valence-corrected chi connectivity index (χ0v) is 26.3. The van der Waals surface area contributed by atoms with Gasteiger partial charge >= 0.3 is 0 Å². The molecule has 2 aromatic rings. The predicted octanol–water partition coefficient (Wildman–Crippen LogP) is 8.54. The Hall–Kier alpha value is -1.46. The first-order valence-corrected chi connectivity index (χ1v) is 17.9. The normalized spacial score (nSPS) is 20.4. The van der Waals surface area contributed by atoms with E-state index in [0.717, 1.165) is 19.3 Å². The van der Waals surface area contributed by atoms with E-state index in [1.165, 1.54) is 81.0 Å². The van der Waals surface area contributed by atoms with Gasteiger partial charge < -0.3 is 13.9 Å². The highest BCUT2D eigenvalue weighted by Gasteiger charge is 2.54. The maximum Gasteiger partial charge on any atom is 0.261 e. The van der Waals surface area contributed by atoms with E-state index in [9.17, 15) is 0 Å². The summed E-state index contributed by atoms with van der Waals surface area (Å²) in [6.07, 6.45) is 17.3. The molecule has 2 aromatic carbocycles. The highest BCUT2D eigenvalue weighted by atomic mass is 28.4. The Morgan fingerprint density at radius 2 is 1.33 bits per heavy atom. The van der Waals surface area contributed by atoms with Crippen LogP contribution in [0, 0.1) is 0 Å². The first-order chi connectivity index (χ1) is 18.9. The summed E-state index contributed by atoms with van der Waals surface area (Å²) in [5.74, 6) is -0.380. The summed E-state index contributed by atoms with van der Waals surface area (Å²) in [6, 6.07) is 22.1. The third-order valence-corrected chi connectivity index (χ3v) is 14.1. The van der Waals surface area contributed by atoms with Crippen LogP contribution in [0.25, 0.3) is 0 Å². The Bertz CT molecular complexity index is 909. The zero-order valence-electron chi connectivity index (χ0n) is 25.3. The van der Waals surface area contributed by atoms with Crippen LogP contribution in [0.5, 0.6) is 0 Å². The van der Waals surface area contributed by atoms with Gasteiger partial charge in [-0.1, -0.05) is 146 Å². The van der Waals surface area contributed by atoms with E-state index in [-0.39, 0.29) is 23.0 Å². The van der Waals surface area contributed by atoms with Crippen LogP contribution in [0.1, 0.15) is 118 Å². The Labute approximate surface area is 240 Å². The first kappa shape index (κ1) is 30.5. The molecule has 1 saturated heterocycles. The second kappa shape index (κ2) is 14.4. The van der Waals surface area contributed by atoms with Gasteiger partial charge in [-0.2, -0.15) is 0 Å². The molecule has 0 aromatic heterocycles. The largest absolute Gasteiger partial charge is 0.402 e. The first-order valence-electron chi connectivity index (χ1n) is 16.0. The van der Waals surface area contributed by atoms with Gasteiger partial charge in [0.25, 0.3) is 8.32 Å². The Balaban J connectivity index is 1.59. The van der Waals surface area contributed by atoms with Crippen molar-refractivity contribution in [3.05, 3.63) is 60.7 Å². The molecular weight excluding hydrogens is 496 g/mol. The Morgan fingerprint density at radius 3 is 1.87 bits per heavy atom. The van der Waals surface area contributed by atoms with Gasteiger partial charge in [-0.3, -0.25) is 0 Å². The third kappa shape index (κ3) is 7.64. The summed E-state index contributed by atoms with van der Waals surface area (Å²) in [7, 11) is -2.67. The van der Waals surface area contributed by atoms with Crippen LogP contribution < -0.4 is 10.4 Å². The van der Waals surface area contributed by atoms with Crippen molar-refractivity contribution in [1.29, 1.82) is 0 Å². The monoisotopic (exact) mass is 550 g/mol. The fourth-order valence-electron chi connectivity index (χ4n) is 6.83. The molecule has 2 fully saturated rings. The van der Waals surface area contributed by atoms with Crippen molar-refractivity contribution in [3.8, 4) is 0 Å². The molecule has 0 unspecified atom stereocenters. The molecule has 0 amide bonds. The minimum atomic E-state index is -2.67. The predicted molar refractivity (Wildman–Crippen MR) is 166 cm³/mol. The number of hydrogen-bond donors (Lipinski definition) is 0. The summed E-state index contributed by atoms with van der Waals surface area (Å²) in [6.45, 7) is 10.1. The molecule has 216 valence electrons. The van der Waals surface area contributed by atoms with E-state index >= 15 is 0 Å². The molecule has 2 atom stereocenters. The van der Waals surface area contributed by atoms with Gasteiger partial charge in [0, 0.05) is 12.8 Å². The molecule has 1 aliphatic carbocycles. The smallest absolute Gasteiger partial charge is 0.261 e. The molecule has 0 radical (unpaired) electrons. The number of hydrogen-bond acceptors (Lipinski definition) is 3. The molecular formula is C35H54O3Si. The standard InChI is InChI=1S/C35H54O3Si/c1-5-6-7-8-9-10-11-19-26-32(33-29-36-35(37-33)27-20-14-21-28-35)38-39(34(2,3)4,30-22-15-12-16-23-30)31-24-17-13-18-25-31/h12-13,15-18,22-25,32-33H,5-11,14,19-21,26-29H2,1-4H3/t32-,33+/m0/s1. The highest BCUT2D eigenvalue weighted by molar-refractivity contribution is 6.99. The second-order valence-electron chi connectivity index (χ2n) is 13.0. The molecule has 1 spiro atoms. The molecule has 2 aliphatic rings. The Kier molecular flexibility index (Phi) is 11.3. The summed E-state index contributed by atoms with van der Waals surface area (Å²) >= 11 is 0. The van der Waals surface area contributed by atoms with Crippen molar-refractivity contribution in [3.63, 3.8) is 0 Å². The van der Waals surface area contributed by atoms with Crippen molar-refractivity contribution in [1.82, 2.24) is 0 Å². The molecule has 1 heterocycles. The fourth-order valence-corrected chi connectivity index (χ4v) is 11.6. The third-order valence-electron chi connectivity index (χ3n) is 8.99. The number of benzene rings is 2. The minimum Gasteiger partial charge on any atom is -0.402 e. The van der Waals surface area contributed by atoms with E-state index in [1.54, 1.807) is 0 Å². The van der Waals surface area contributed by atoms with Crippen molar-refractivity contribution in [2.75, 3.05) is 6.61 Å². The van der Waals surface area contributed by atoms with Gasteiger partial charge in [-0.05, 0) is 34.7 Å². The average molecular weight is 551 g/mol. The van der Waals surface area contributed by atoms with Crippen molar-refractivity contribution in [2.24, 2.45) is 0 Å². The van der Waals surface area contributed by atoms with Gasteiger partial charge in [0.1, 0.15) is 6.10 Å². The van der Waals surface area contributed by atoms with Gasteiger partial charge in [-0.25, -0.2) is 0 Å². The maximum absolute atomic E-state index is 7.69. The van der Waals surface area contributed by atoms with E-state index in [4.69, 9.17) is 13.9 Å². The average Bonchev–Trinajstić information content (AvgIpc) is 3.35. The number of ether oxygens (including phenoxy) is 2. The molecule has 1 aliphatic heterocycles. The van der Waals surface area contributed by atoms with E-state index in [2.05, 4.69) is 88.4 Å². The lowest BCUT2D eigenvalue weighted by molar-refractivity contribution is -0.194. The van der Waals surface area contributed by atoms with Crippen LogP contribution in [0.4, 0.5) is 0 Å². The van der Waals surface area contributed by atoms with Crippen LogP contribution in [0.3, 0.4) is 0 Å². The van der Waals surface area contributed by atoms with Gasteiger partial charge in [0.05, 0.1) is 12.7 Å². The van der Waals surface area contributed by atoms with Crippen LogP contribution >= 0.6 is 0 Å². The molecule has 1 saturated carbocycles. The zero-order chi connectivity index (χ0) is 27.6. The summed E-state index contributed by atoms with van der Waals surface area (Å²) in [5, 5.41) is 2.64. The number of unbranched alkanes of at least 4 members (excludes halogenated alkanes) is 7. The van der Waals surface area contributed by atoms with Crippen LogP contribution in [0.2, 0.25) is 5.04 Å². The molecule has 0 N–H and O–H groups in total. The summed E-state index contributed by atoms with van der Waals surface area (Å²) in [5.41, 5.74) is 0. The lowest BCUT2D eigenvalue weighted by atomic mass is 9.94. The fraction of sp³-hybridized carbons (Fsp3) is 0.657. The van der Waals surface area contributed by atoms with E-state index in [1.807, 2.05) is 0 Å². The summed E-state index contributed by atoms with van der Waals surface area (Å²) in [4.78, 5) is 0. The SMILES string of the molecule is CCCCCCCCCC[C@H](O[Si](c1ccccc1)(c1ccccc1)C(C)(C)C)[C@H]1COC2(CCCCC2)O1. The highest BCUT2D eigenvalue weighted by Crippen LogP contribution is 2.42. The molecule has 0 bridgehead atoms. The van der Waals surface area contributed by atoms with Gasteiger partial charge in [0.15, 0.2) is 5.79 Å². The minimum absolute atomic E-state index is 0.00527. The van der Waals surface area contributed by atoms with Crippen molar-refractivity contribution in [2.45, 2.75) is 141 Å². The van der Waals surface area contributed by atoms with Gasteiger partial charge in [-0.15, -0.1) is 0 Å². The molecule has 4 heteroatoms. The van der Waals surface area contributed by atoms with Gasteiger partial charge in [0.2, 0.25) is 0 Å². The topological polar surface area (TPSA) is 27.7 Å². The second-order valence-corrected chi connectivity index (χ2v) is 17.3. The van der Waals surface area contributed by atoms with Crippen molar-refractivity contribution >= 4 is 18.7 Å². The molecule has 3 nitrogen and oxygen atoms in total. The van der Waals surface area contributed by atoms with Crippen LogP contribution in [-0.2, 0) is 13.9 Å². The molecule has 39 heavy (non-hydrogen) atoms. The Morgan fingerprint density at radius 1 is 0.795 bits per heavy atom. The van der Waals surface area contributed by atoms with Crippen molar-refractivity contribution < 1.29 is 13.9 Å². The molecule has 4 rings (SSSR count). The number of rotatable bonds is 14. The summed E-state index contributed by atoms with van der Waals surface area (Å²) < 4.78 is 21.0. The van der Waals surface area contributed by atoms with Crippen LogP contribution in [0.15, 0.2) is 60.7 Å².